The van der Waals surface area contributed by atoms with Gasteiger partial charge in [-0.05, 0) is 26.0 Å². The number of hydrogen-bond donors (Lipinski definition) is 1. The molecule has 0 radical (unpaired) electrons. The molecule has 2 aromatic rings. The van der Waals surface area contributed by atoms with E-state index < -0.39 is 4.92 Å². The van der Waals surface area contributed by atoms with E-state index in [4.69, 9.17) is 4.74 Å². The number of carbonyl (C=O) groups excluding carboxylic acids is 1. The van der Waals surface area contributed by atoms with Crippen molar-refractivity contribution in [2.45, 2.75) is 19.9 Å². The van der Waals surface area contributed by atoms with Crippen molar-refractivity contribution in [2.24, 2.45) is 0 Å². The molecule has 1 N–H and O–H groups in total. The van der Waals surface area contributed by atoms with Crippen LogP contribution in [0.1, 0.15) is 30.2 Å². The van der Waals surface area contributed by atoms with Gasteiger partial charge in [-0.1, -0.05) is 0 Å². The normalized spacial score (nSPS) is 10.8. The van der Waals surface area contributed by atoms with E-state index in [9.17, 15) is 14.9 Å². The number of carbonyl (C=O) groups is 1. The fourth-order valence-electron chi connectivity index (χ4n) is 2.20. The summed E-state index contributed by atoms with van der Waals surface area (Å²) in [5.41, 5.74) is 1.25. The summed E-state index contributed by atoms with van der Waals surface area (Å²) in [5, 5.41) is 18.2. The third kappa shape index (κ3) is 3.96. The molecule has 0 aliphatic carbocycles. The molecule has 0 unspecified atom stereocenters. The van der Waals surface area contributed by atoms with E-state index >= 15 is 0 Å². The summed E-state index contributed by atoms with van der Waals surface area (Å²) in [6.07, 6.45) is 3.30. The Morgan fingerprint density at radius 2 is 2.21 bits per heavy atom. The Kier molecular flexibility index (Phi) is 5.64. The van der Waals surface area contributed by atoms with Gasteiger partial charge >= 0.3 is 0 Å². The predicted octanol–water partition coefficient (Wildman–Crippen LogP) is 2.42. The Morgan fingerprint density at radius 3 is 2.79 bits per heavy atom. The van der Waals surface area contributed by atoms with Gasteiger partial charge < -0.3 is 10.1 Å². The fraction of sp³-hybridized carbons (Fsp3) is 0.375. The summed E-state index contributed by atoms with van der Waals surface area (Å²) < 4.78 is 6.59. The van der Waals surface area contributed by atoms with Crippen molar-refractivity contribution >= 4 is 11.6 Å². The van der Waals surface area contributed by atoms with Crippen LogP contribution in [-0.2, 0) is 4.74 Å². The number of aromatic nitrogens is 2. The van der Waals surface area contributed by atoms with Gasteiger partial charge in [0.05, 0.1) is 23.3 Å². The van der Waals surface area contributed by atoms with Gasteiger partial charge in [0.2, 0.25) is 0 Å². The predicted molar refractivity (Wildman–Crippen MR) is 88.9 cm³/mol. The lowest BCUT2D eigenvalue weighted by Gasteiger charge is -2.07. The molecule has 0 saturated heterocycles. The highest BCUT2D eigenvalue weighted by atomic mass is 16.6. The van der Waals surface area contributed by atoms with Crippen molar-refractivity contribution in [2.75, 3.05) is 20.3 Å². The second kappa shape index (κ2) is 7.69. The van der Waals surface area contributed by atoms with E-state index in [0.717, 1.165) is 0 Å². The average molecular weight is 332 g/mol. The number of methoxy groups -OCH3 is 1. The molecular formula is C16H20N4O4. The van der Waals surface area contributed by atoms with E-state index in [-0.39, 0.29) is 17.6 Å². The summed E-state index contributed by atoms with van der Waals surface area (Å²) in [7, 11) is 1.54. The number of nitrogens with one attached hydrogen (secondary N) is 1. The second-order valence-corrected chi connectivity index (χ2v) is 5.54. The molecule has 128 valence electrons. The lowest BCUT2D eigenvalue weighted by Crippen LogP contribution is -2.26. The summed E-state index contributed by atoms with van der Waals surface area (Å²) in [6, 6.07) is 4.43. The zero-order valence-electron chi connectivity index (χ0n) is 13.9. The van der Waals surface area contributed by atoms with E-state index in [2.05, 4.69) is 10.4 Å². The first-order valence-corrected chi connectivity index (χ1v) is 7.54. The first-order chi connectivity index (χ1) is 11.4. The van der Waals surface area contributed by atoms with Gasteiger partial charge in [-0.15, -0.1) is 0 Å². The van der Waals surface area contributed by atoms with Crippen LogP contribution in [0.3, 0.4) is 0 Å². The van der Waals surface area contributed by atoms with Crippen molar-refractivity contribution in [3.63, 3.8) is 0 Å². The number of amides is 1. The molecule has 0 aliphatic rings. The van der Waals surface area contributed by atoms with Crippen molar-refractivity contribution in [3.8, 4) is 11.1 Å². The minimum atomic E-state index is -0.464. The van der Waals surface area contributed by atoms with Crippen molar-refractivity contribution in [1.29, 1.82) is 0 Å². The largest absolute Gasteiger partial charge is 0.383 e. The molecule has 0 bridgehead atoms. The molecule has 0 atom stereocenters. The van der Waals surface area contributed by atoms with Crippen molar-refractivity contribution in [3.05, 3.63) is 46.3 Å². The smallest absolute Gasteiger partial charge is 0.277 e. The molecule has 1 aromatic heterocycles. The molecule has 1 aromatic carbocycles. The highest BCUT2D eigenvalue weighted by molar-refractivity contribution is 5.96. The molecule has 0 spiro atoms. The van der Waals surface area contributed by atoms with Crippen LogP contribution >= 0.6 is 0 Å². The van der Waals surface area contributed by atoms with Gasteiger partial charge in [0.15, 0.2) is 0 Å². The third-order valence-corrected chi connectivity index (χ3v) is 3.49. The van der Waals surface area contributed by atoms with Crippen LogP contribution in [0.25, 0.3) is 11.1 Å². The number of nitro benzene ring substituents is 1. The van der Waals surface area contributed by atoms with Gasteiger partial charge in [-0.2, -0.15) is 5.10 Å². The molecule has 8 nitrogen and oxygen atoms in total. The van der Waals surface area contributed by atoms with E-state index in [1.807, 2.05) is 13.8 Å². The van der Waals surface area contributed by atoms with Crippen molar-refractivity contribution < 1.29 is 14.5 Å². The topological polar surface area (TPSA) is 99.3 Å². The number of nitrogens with zero attached hydrogens (tertiary/aromatic N) is 3. The van der Waals surface area contributed by atoms with Gasteiger partial charge in [-0.25, -0.2) is 0 Å². The van der Waals surface area contributed by atoms with Gasteiger partial charge in [0, 0.05) is 43.1 Å². The quantitative estimate of drug-likeness (QED) is 0.477. The number of nitro groups is 1. The minimum absolute atomic E-state index is 0.0632. The summed E-state index contributed by atoms with van der Waals surface area (Å²) >= 11 is 0. The highest BCUT2D eigenvalue weighted by Crippen LogP contribution is 2.31. The Hall–Kier alpha value is -2.74. The number of ether oxygens (including phenoxy) is 1. The summed E-state index contributed by atoms with van der Waals surface area (Å²) in [5.74, 6) is -0.306. The van der Waals surface area contributed by atoms with Crippen LogP contribution in [0.5, 0.6) is 0 Å². The molecule has 0 aliphatic heterocycles. The molecular weight excluding hydrogens is 312 g/mol. The van der Waals surface area contributed by atoms with Gasteiger partial charge in [0.1, 0.15) is 0 Å². The minimum Gasteiger partial charge on any atom is -0.383 e. The average Bonchev–Trinajstić information content (AvgIpc) is 3.04. The van der Waals surface area contributed by atoms with E-state index in [0.29, 0.717) is 29.8 Å². The van der Waals surface area contributed by atoms with Gasteiger partial charge in [0.25, 0.3) is 11.6 Å². The number of hydrogen-bond acceptors (Lipinski definition) is 5. The SMILES string of the molecule is COCCNC(=O)c1ccc([N+](=O)[O-])c(-c2cnn(C(C)C)c2)c1. The van der Waals surface area contributed by atoms with E-state index in [1.165, 1.54) is 18.2 Å². The Bertz CT molecular complexity index is 739. The molecule has 1 heterocycles. The molecule has 0 fully saturated rings. The lowest BCUT2D eigenvalue weighted by atomic mass is 10.0. The van der Waals surface area contributed by atoms with Crippen LogP contribution in [-0.4, -0.2) is 40.9 Å². The van der Waals surface area contributed by atoms with Crippen molar-refractivity contribution in [1.82, 2.24) is 15.1 Å². The monoisotopic (exact) mass is 332 g/mol. The van der Waals surface area contributed by atoms with Crippen LogP contribution in [0.2, 0.25) is 0 Å². The maximum absolute atomic E-state index is 12.1. The lowest BCUT2D eigenvalue weighted by molar-refractivity contribution is -0.384. The summed E-state index contributed by atoms with van der Waals surface area (Å²) in [4.78, 5) is 23.0. The van der Waals surface area contributed by atoms with Gasteiger partial charge in [-0.3, -0.25) is 19.6 Å². The van der Waals surface area contributed by atoms with Crippen LogP contribution < -0.4 is 5.32 Å². The molecule has 1 amide bonds. The van der Waals surface area contributed by atoms with Crippen LogP contribution in [0.15, 0.2) is 30.6 Å². The standard InChI is InChI=1S/C16H20N4O4/c1-11(2)19-10-13(9-18-19)14-8-12(4-5-15(14)20(22)23)16(21)17-6-7-24-3/h4-5,8-11H,6-7H2,1-3H3,(H,17,21). The zero-order valence-corrected chi connectivity index (χ0v) is 13.9. The third-order valence-electron chi connectivity index (χ3n) is 3.49. The van der Waals surface area contributed by atoms with Crippen LogP contribution in [0, 0.1) is 10.1 Å². The number of benzene rings is 1. The first kappa shape index (κ1) is 17.6. The Morgan fingerprint density at radius 1 is 1.46 bits per heavy atom. The molecule has 2 rings (SSSR count). The molecule has 8 heteroatoms. The van der Waals surface area contributed by atoms with E-state index in [1.54, 1.807) is 24.2 Å². The highest BCUT2D eigenvalue weighted by Gasteiger charge is 2.19. The maximum Gasteiger partial charge on any atom is 0.277 e. The zero-order chi connectivity index (χ0) is 17.7. The number of rotatable bonds is 7. The summed E-state index contributed by atoms with van der Waals surface area (Å²) in [6.45, 7) is 4.69. The first-order valence-electron chi connectivity index (χ1n) is 7.54. The van der Waals surface area contributed by atoms with Crippen LogP contribution in [0.4, 0.5) is 5.69 Å². The Balaban J connectivity index is 2.37. The molecule has 0 saturated carbocycles. The maximum atomic E-state index is 12.1. The second-order valence-electron chi connectivity index (χ2n) is 5.54. The Labute approximate surface area is 139 Å². The fourth-order valence-corrected chi connectivity index (χ4v) is 2.20. The molecule has 24 heavy (non-hydrogen) atoms.